The van der Waals surface area contributed by atoms with Crippen molar-refractivity contribution in [2.45, 2.75) is 25.9 Å². The number of nitrogens with one attached hydrogen (secondary N) is 1. The Labute approximate surface area is 102 Å². The average molecular weight is 236 g/mol. The summed E-state index contributed by atoms with van der Waals surface area (Å²) in [5.41, 5.74) is 0. The van der Waals surface area contributed by atoms with Gasteiger partial charge < -0.3 is 15.0 Å². The fourth-order valence-electron chi connectivity index (χ4n) is 2.13. The molecule has 2 rings (SSSR count). The third kappa shape index (κ3) is 3.06. The number of hydrogen-bond donors (Lipinski definition) is 1. The van der Waals surface area contributed by atoms with Crippen molar-refractivity contribution in [3.8, 4) is 0 Å². The number of anilines is 2. The van der Waals surface area contributed by atoms with Crippen molar-refractivity contribution in [1.82, 2.24) is 9.97 Å². The first-order valence-corrected chi connectivity index (χ1v) is 6.21. The van der Waals surface area contributed by atoms with E-state index in [-0.39, 0.29) is 0 Å². The second-order valence-corrected chi connectivity index (χ2v) is 4.13. The Morgan fingerprint density at radius 1 is 1.47 bits per heavy atom. The Morgan fingerprint density at radius 3 is 2.88 bits per heavy atom. The van der Waals surface area contributed by atoms with E-state index in [9.17, 15) is 0 Å². The molecule has 0 spiro atoms. The highest BCUT2D eigenvalue weighted by Crippen LogP contribution is 2.19. The van der Waals surface area contributed by atoms with Gasteiger partial charge >= 0.3 is 0 Å². The SMILES string of the molecule is CCOC1CCN(c2ccnc(NC)n2)CC1. The van der Waals surface area contributed by atoms with Gasteiger partial charge in [-0.1, -0.05) is 0 Å². The van der Waals surface area contributed by atoms with Gasteiger partial charge in [0.2, 0.25) is 5.95 Å². The molecule has 0 saturated carbocycles. The van der Waals surface area contributed by atoms with Crippen LogP contribution in [0.15, 0.2) is 12.3 Å². The van der Waals surface area contributed by atoms with Crippen LogP contribution in [0.5, 0.6) is 0 Å². The molecule has 1 aromatic rings. The fourth-order valence-corrected chi connectivity index (χ4v) is 2.13. The minimum atomic E-state index is 0.418. The minimum absolute atomic E-state index is 0.418. The lowest BCUT2D eigenvalue weighted by Gasteiger charge is -2.32. The number of rotatable bonds is 4. The molecule has 5 nitrogen and oxygen atoms in total. The van der Waals surface area contributed by atoms with Gasteiger partial charge in [-0.2, -0.15) is 4.98 Å². The van der Waals surface area contributed by atoms with Gasteiger partial charge in [0.1, 0.15) is 5.82 Å². The van der Waals surface area contributed by atoms with Gasteiger partial charge in [0.25, 0.3) is 0 Å². The van der Waals surface area contributed by atoms with Crippen molar-refractivity contribution in [2.24, 2.45) is 0 Å². The number of piperidine rings is 1. The van der Waals surface area contributed by atoms with E-state index in [0.29, 0.717) is 12.1 Å². The van der Waals surface area contributed by atoms with Gasteiger partial charge in [0.05, 0.1) is 6.10 Å². The molecule has 94 valence electrons. The van der Waals surface area contributed by atoms with E-state index in [2.05, 4.69) is 27.1 Å². The summed E-state index contributed by atoms with van der Waals surface area (Å²) in [6, 6.07) is 1.96. The highest BCUT2D eigenvalue weighted by atomic mass is 16.5. The van der Waals surface area contributed by atoms with Crippen LogP contribution in [0.25, 0.3) is 0 Å². The van der Waals surface area contributed by atoms with E-state index in [4.69, 9.17) is 4.74 Å². The summed E-state index contributed by atoms with van der Waals surface area (Å²) in [6.07, 6.45) is 4.37. The maximum atomic E-state index is 5.64. The molecule has 17 heavy (non-hydrogen) atoms. The topological polar surface area (TPSA) is 50.3 Å². The molecule has 0 aliphatic carbocycles. The molecular formula is C12H20N4O. The first-order valence-electron chi connectivity index (χ1n) is 6.21. The van der Waals surface area contributed by atoms with Crippen LogP contribution in [0, 0.1) is 0 Å². The third-order valence-electron chi connectivity index (χ3n) is 3.03. The van der Waals surface area contributed by atoms with Gasteiger partial charge in [-0.25, -0.2) is 4.98 Å². The summed E-state index contributed by atoms with van der Waals surface area (Å²) in [5, 5.41) is 2.96. The van der Waals surface area contributed by atoms with Crippen molar-refractivity contribution in [3.05, 3.63) is 12.3 Å². The predicted octanol–water partition coefficient (Wildman–Crippen LogP) is 1.52. The lowest BCUT2D eigenvalue weighted by Crippen LogP contribution is -2.37. The van der Waals surface area contributed by atoms with Gasteiger partial charge in [0.15, 0.2) is 0 Å². The van der Waals surface area contributed by atoms with E-state index in [1.54, 1.807) is 6.20 Å². The zero-order valence-corrected chi connectivity index (χ0v) is 10.5. The summed E-state index contributed by atoms with van der Waals surface area (Å²) >= 11 is 0. The van der Waals surface area contributed by atoms with E-state index in [1.807, 2.05) is 13.1 Å². The molecule has 1 N–H and O–H groups in total. The zero-order chi connectivity index (χ0) is 12.1. The lowest BCUT2D eigenvalue weighted by atomic mass is 10.1. The molecule has 0 radical (unpaired) electrons. The summed E-state index contributed by atoms with van der Waals surface area (Å²) in [7, 11) is 1.83. The van der Waals surface area contributed by atoms with E-state index in [0.717, 1.165) is 38.4 Å². The molecular weight excluding hydrogens is 216 g/mol. The summed E-state index contributed by atoms with van der Waals surface area (Å²) in [5.74, 6) is 1.67. The molecule has 1 aliphatic rings. The predicted molar refractivity (Wildman–Crippen MR) is 68.4 cm³/mol. The van der Waals surface area contributed by atoms with Gasteiger partial charge in [0, 0.05) is 32.9 Å². The Bertz CT molecular complexity index is 350. The third-order valence-corrected chi connectivity index (χ3v) is 3.03. The molecule has 5 heteroatoms. The number of ether oxygens (including phenoxy) is 1. The first-order chi connectivity index (χ1) is 8.33. The van der Waals surface area contributed by atoms with Crippen LogP contribution >= 0.6 is 0 Å². The normalized spacial score (nSPS) is 17.2. The highest BCUT2D eigenvalue weighted by molar-refractivity contribution is 5.42. The summed E-state index contributed by atoms with van der Waals surface area (Å²) in [4.78, 5) is 10.9. The molecule has 0 unspecified atom stereocenters. The summed E-state index contributed by atoms with van der Waals surface area (Å²) in [6.45, 7) is 4.87. The van der Waals surface area contributed by atoms with Gasteiger partial charge in [-0.05, 0) is 25.8 Å². The van der Waals surface area contributed by atoms with Crippen molar-refractivity contribution in [2.75, 3.05) is 37.0 Å². The van der Waals surface area contributed by atoms with E-state index >= 15 is 0 Å². The molecule has 0 amide bonds. The second-order valence-electron chi connectivity index (χ2n) is 4.13. The standard InChI is InChI=1S/C12H20N4O/c1-3-17-10-5-8-16(9-6-10)11-4-7-14-12(13-2)15-11/h4,7,10H,3,5-6,8-9H2,1-2H3,(H,13,14,15). The van der Waals surface area contributed by atoms with Crippen LogP contribution in [0.1, 0.15) is 19.8 Å². The maximum absolute atomic E-state index is 5.64. The van der Waals surface area contributed by atoms with Crippen LogP contribution < -0.4 is 10.2 Å². The van der Waals surface area contributed by atoms with Crippen molar-refractivity contribution >= 4 is 11.8 Å². The van der Waals surface area contributed by atoms with Crippen molar-refractivity contribution in [1.29, 1.82) is 0 Å². The van der Waals surface area contributed by atoms with Gasteiger partial charge in [-0.15, -0.1) is 0 Å². The first kappa shape index (κ1) is 12.1. The quantitative estimate of drug-likeness (QED) is 0.859. The van der Waals surface area contributed by atoms with E-state index < -0.39 is 0 Å². The molecule has 1 aliphatic heterocycles. The fraction of sp³-hybridized carbons (Fsp3) is 0.667. The van der Waals surface area contributed by atoms with E-state index in [1.165, 1.54) is 0 Å². The number of hydrogen-bond acceptors (Lipinski definition) is 5. The van der Waals surface area contributed by atoms with Crippen LogP contribution in [0.3, 0.4) is 0 Å². The minimum Gasteiger partial charge on any atom is -0.378 e. The molecule has 0 aromatic carbocycles. The lowest BCUT2D eigenvalue weighted by molar-refractivity contribution is 0.0458. The summed E-state index contributed by atoms with van der Waals surface area (Å²) < 4.78 is 5.64. The highest BCUT2D eigenvalue weighted by Gasteiger charge is 2.20. The molecule has 0 atom stereocenters. The Kier molecular flexibility index (Phi) is 4.14. The Hall–Kier alpha value is -1.36. The van der Waals surface area contributed by atoms with Crippen molar-refractivity contribution in [3.63, 3.8) is 0 Å². The average Bonchev–Trinajstić information content (AvgIpc) is 2.40. The Morgan fingerprint density at radius 2 is 2.24 bits per heavy atom. The maximum Gasteiger partial charge on any atom is 0.224 e. The van der Waals surface area contributed by atoms with Gasteiger partial charge in [-0.3, -0.25) is 0 Å². The number of aromatic nitrogens is 2. The molecule has 1 fully saturated rings. The van der Waals surface area contributed by atoms with Crippen LogP contribution in [-0.4, -0.2) is 42.8 Å². The molecule has 2 heterocycles. The monoisotopic (exact) mass is 236 g/mol. The van der Waals surface area contributed by atoms with Crippen LogP contribution in [0.2, 0.25) is 0 Å². The zero-order valence-electron chi connectivity index (χ0n) is 10.5. The van der Waals surface area contributed by atoms with Crippen molar-refractivity contribution < 1.29 is 4.74 Å². The smallest absolute Gasteiger partial charge is 0.224 e. The largest absolute Gasteiger partial charge is 0.378 e. The Balaban J connectivity index is 1.95. The molecule has 0 bridgehead atoms. The van der Waals surface area contributed by atoms with Crippen LogP contribution in [0.4, 0.5) is 11.8 Å². The van der Waals surface area contributed by atoms with Crippen LogP contribution in [-0.2, 0) is 4.74 Å². The molecule has 1 aromatic heterocycles. The number of nitrogens with zero attached hydrogens (tertiary/aromatic N) is 3. The molecule has 1 saturated heterocycles. The second kappa shape index (κ2) is 5.82.